The number of fused-ring (bicyclic) bond motifs is 2. The molecule has 0 bridgehead atoms. The van der Waals surface area contributed by atoms with E-state index in [2.05, 4.69) is 20.8 Å². The Hall–Kier alpha value is -3.98. The van der Waals surface area contributed by atoms with Gasteiger partial charge in [0.05, 0.1) is 0 Å². The van der Waals surface area contributed by atoms with Crippen LogP contribution < -0.4 is 21.7 Å². The Morgan fingerprint density at radius 2 is 1.30 bits per heavy atom. The fourth-order valence-corrected chi connectivity index (χ4v) is 3.14. The molecule has 0 unspecified atom stereocenters. The number of hydrogen-bond acceptors (Lipinski definition) is 4. The largest absolute Gasteiger partial charge is 0.360 e. The molecule has 8 nitrogen and oxygen atoms in total. The smallest absolute Gasteiger partial charge is 0.275 e. The van der Waals surface area contributed by atoms with Crippen molar-refractivity contribution in [1.29, 1.82) is 0 Å². The SMILES string of the molecule is O=C(NNC(=O)c1c[nH]c2ccc(Cl)cc2c1=O)c1c[nH]c2ccc(F)cc2c1=O. The highest BCUT2D eigenvalue weighted by atomic mass is 35.5. The highest BCUT2D eigenvalue weighted by molar-refractivity contribution is 6.31. The Kier molecular flexibility index (Phi) is 4.80. The van der Waals surface area contributed by atoms with Gasteiger partial charge in [-0.3, -0.25) is 30.0 Å². The van der Waals surface area contributed by atoms with Crippen molar-refractivity contribution < 1.29 is 14.0 Å². The van der Waals surface area contributed by atoms with Crippen LogP contribution >= 0.6 is 11.6 Å². The first kappa shape index (κ1) is 19.3. The van der Waals surface area contributed by atoms with Crippen LogP contribution in [-0.4, -0.2) is 21.8 Å². The van der Waals surface area contributed by atoms with E-state index in [1.54, 1.807) is 12.1 Å². The average molecular weight is 427 g/mol. The molecule has 2 amide bonds. The monoisotopic (exact) mass is 426 g/mol. The van der Waals surface area contributed by atoms with Gasteiger partial charge in [0, 0.05) is 39.2 Å². The molecule has 0 atom stereocenters. The van der Waals surface area contributed by atoms with Crippen LogP contribution in [0, 0.1) is 5.82 Å². The highest BCUT2D eigenvalue weighted by Gasteiger charge is 2.17. The van der Waals surface area contributed by atoms with E-state index in [4.69, 9.17) is 11.6 Å². The third-order valence-electron chi connectivity index (χ3n) is 4.46. The van der Waals surface area contributed by atoms with E-state index in [0.29, 0.717) is 16.1 Å². The molecule has 0 aliphatic carbocycles. The van der Waals surface area contributed by atoms with Crippen molar-refractivity contribution in [2.75, 3.05) is 0 Å². The van der Waals surface area contributed by atoms with E-state index in [9.17, 15) is 23.6 Å². The predicted molar refractivity (Wildman–Crippen MR) is 109 cm³/mol. The van der Waals surface area contributed by atoms with E-state index >= 15 is 0 Å². The summed E-state index contributed by atoms with van der Waals surface area (Å²) in [5.41, 5.74) is 3.09. The number of pyridine rings is 2. The van der Waals surface area contributed by atoms with Crippen molar-refractivity contribution in [2.45, 2.75) is 0 Å². The van der Waals surface area contributed by atoms with Crippen LogP contribution in [0.2, 0.25) is 5.02 Å². The Morgan fingerprint density at radius 3 is 1.87 bits per heavy atom. The van der Waals surface area contributed by atoms with Crippen LogP contribution in [-0.2, 0) is 0 Å². The fraction of sp³-hybridized carbons (Fsp3) is 0. The maximum absolute atomic E-state index is 13.4. The Bertz CT molecular complexity index is 1350. The highest BCUT2D eigenvalue weighted by Crippen LogP contribution is 2.15. The number of hydrazine groups is 1. The number of aromatic nitrogens is 2. The number of amides is 2. The average Bonchev–Trinajstić information content (AvgIpc) is 2.73. The molecule has 4 rings (SSSR count). The molecular weight excluding hydrogens is 415 g/mol. The number of H-pyrrole nitrogens is 2. The number of benzene rings is 2. The first-order valence-electron chi connectivity index (χ1n) is 8.58. The number of hydrogen-bond donors (Lipinski definition) is 4. The van der Waals surface area contributed by atoms with Crippen molar-refractivity contribution in [3.63, 3.8) is 0 Å². The second-order valence-electron chi connectivity index (χ2n) is 6.35. The molecule has 0 fully saturated rings. The lowest BCUT2D eigenvalue weighted by atomic mass is 10.1. The van der Waals surface area contributed by atoms with Gasteiger partial charge in [-0.1, -0.05) is 11.6 Å². The summed E-state index contributed by atoms with van der Waals surface area (Å²) in [4.78, 5) is 55.2. The van der Waals surface area contributed by atoms with Gasteiger partial charge in [-0.2, -0.15) is 0 Å². The number of halogens is 2. The quantitative estimate of drug-likeness (QED) is 0.367. The Balaban J connectivity index is 1.58. The summed E-state index contributed by atoms with van der Waals surface area (Å²) in [7, 11) is 0. The zero-order valence-electron chi connectivity index (χ0n) is 15.0. The molecule has 150 valence electrons. The fourth-order valence-electron chi connectivity index (χ4n) is 2.97. The molecule has 10 heteroatoms. The van der Waals surface area contributed by atoms with E-state index < -0.39 is 28.5 Å². The molecule has 0 saturated carbocycles. The molecule has 0 radical (unpaired) electrons. The van der Waals surface area contributed by atoms with Crippen LogP contribution in [0.3, 0.4) is 0 Å². The molecule has 0 saturated heterocycles. The first-order valence-corrected chi connectivity index (χ1v) is 8.95. The Morgan fingerprint density at radius 1 is 0.800 bits per heavy atom. The topological polar surface area (TPSA) is 124 Å². The summed E-state index contributed by atoms with van der Waals surface area (Å²) < 4.78 is 13.4. The second-order valence-corrected chi connectivity index (χ2v) is 6.79. The predicted octanol–water partition coefficient (Wildman–Crippen LogP) is 2.24. The van der Waals surface area contributed by atoms with Crippen molar-refractivity contribution in [3.05, 3.63) is 91.2 Å². The summed E-state index contributed by atoms with van der Waals surface area (Å²) in [5.74, 6) is -2.46. The summed E-state index contributed by atoms with van der Waals surface area (Å²) in [6.07, 6.45) is 2.35. The summed E-state index contributed by atoms with van der Waals surface area (Å²) in [6, 6.07) is 8.15. The van der Waals surface area contributed by atoms with Crippen LogP contribution in [0.1, 0.15) is 20.7 Å². The van der Waals surface area contributed by atoms with Crippen LogP contribution in [0.25, 0.3) is 21.8 Å². The standard InChI is InChI=1S/C20H12ClFN4O4/c21-9-1-3-15-11(5-9)17(27)13(7-23-15)19(29)25-26-20(30)14-8-24-16-4-2-10(22)6-12(16)18(14)28/h1-8H,(H,23,27)(H,24,28)(H,25,29)(H,26,30). The molecular formula is C20H12ClFN4O4. The van der Waals surface area contributed by atoms with E-state index in [1.165, 1.54) is 24.4 Å². The molecule has 2 heterocycles. The Labute approximate surface area is 171 Å². The lowest BCUT2D eigenvalue weighted by Gasteiger charge is -2.08. The van der Waals surface area contributed by atoms with Gasteiger partial charge in [0.25, 0.3) is 11.8 Å². The minimum Gasteiger partial charge on any atom is -0.360 e. The molecule has 2 aromatic carbocycles. The lowest BCUT2D eigenvalue weighted by Crippen LogP contribution is -2.44. The molecule has 30 heavy (non-hydrogen) atoms. The molecule has 2 aromatic heterocycles. The number of carbonyl (C=O) groups is 2. The van der Waals surface area contributed by atoms with Gasteiger partial charge in [0.15, 0.2) is 0 Å². The lowest BCUT2D eigenvalue weighted by molar-refractivity contribution is 0.0845. The zero-order chi connectivity index (χ0) is 21.4. The summed E-state index contributed by atoms with van der Waals surface area (Å²) in [5, 5.41) is 0.511. The minimum atomic E-state index is -0.934. The van der Waals surface area contributed by atoms with Crippen molar-refractivity contribution in [1.82, 2.24) is 20.8 Å². The van der Waals surface area contributed by atoms with Crippen LogP contribution in [0.15, 0.2) is 58.4 Å². The van der Waals surface area contributed by atoms with Gasteiger partial charge in [-0.25, -0.2) is 4.39 Å². The number of carbonyl (C=O) groups excluding carboxylic acids is 2. The summed E-state index contributed by atoms with van der Waals surface area (Å²) >= 11 is 5.89. The number of rotatable bonds is 2. The van der Waals surface area contributed by atoms with Crippen LogP contribution in [0.4, 0.5) is 4.39 Å². The van der Waals surface area contributed by atoms with Gasteiger partial charge in [-0.05, 0) is 36.4 Å². The van der Waals surface area contributed by atoms with Gasteiger partial charge in [0.1, 0.15) is 16.9 Å². The van der Waals surface area contributed by atoms with E-state index in [1.807, 2.05) is 0 Å². The molecule has 0 aliphatic rings. The van der Waals surface area contributed by atoms with Crippen molar-refractivity contribution in [2.24, 2.45) is 0 Å². The molecule has 0 aliphatic heterocycles. The molecule has 4 N–H and O–H groups in total. The van der Waals surface area contributed by atoms with Crippen molar-refractivity contribution in [3.8, 4) is 0 Å². The maximum Gasteiger partial charge on any atom is 0.275 e. The van der Waals surface area contributed by atoms with E-state index in [-0.39, 0.29) is 21.9 Å². The third kappa shape index (κ3) is 3.42. The van der Waals surface area contributed by atoms with Gasteiger partial charge in [-0.15, -0.1) is 0 Å². The first-order chi connectivity index (χ1) is 14.3. The normalized spacial score (nSPS) is 10.9. The van der Waals surface area contributed by atoms with Gasteiger partial charge in [0.2, 0.25) is 10.9 Å². The zero-order valence-corrected chi connectivity index (χ0v) is 15.8. The van der Waals surface area contributed by atoms with Gasteiger partial charge < -0.3 is 9.97 Å². The maximum atomic E-state index is 13.4. The third-order valence-corrected chi connectivity index (χ3v) is 4.70. The number of nitrogens with one attached hydrogen (secondary N) is 4. The summed E-state index contributed by atoms with van der Waals surface area (Å²) in [6.45, 7) is 0. The van der Waals surface area contributed by atoms with Gasteiger partial charge >= 0.3 is 0 Å². The van der Waals surface area contributed by atoms with E-state index in [0.717, 1.165) is 12.3 Å². The minimum absolute atomic E-state index is 0.0168. The second kappa shape index (κ2) is 7.45. The van der Waals surface area contributed by atoms with Crippen molar-refractivity contribution >= 4 is 45.2 Å². The molecule has 0 spiro atoms. The number of aromatic amines is 2. The molecule has 4 aromatic rings. The van der Waals surface area contributed by atoms with Crippen LogP contribution in [0.5, 0.6) is 0 Å².